The monoisotopic (exact) mass is 276 g/mol. The van der Waals surface area contributed by atoms with Gasteiger partial charge in [-0.3, -0.25) is 4.79 Å². The predicted octanol–water partition coefficient (Wildman–Crippen LogP) is 3.05. The first-order valence-corrected chi connectivity index (χ1v) is 6.08. The third-order valence-electron chi connectivity index (χ3n) is 1.80. The summed E-state index contributed by atoms with van der Waals surface area (Å²) in [6.07, 6.45) is 1.99. The molecule has 0 aromatic carbocycles. The van der Waals surface area contributed by atoms with E-state index >= 15 is 0 Å². The van der Waals surface area contributed by atoms with E-state index in [0.29, 0.717) is 19.4 Å². The molecule has 1 aromatic heterocycles. The molecule has 1 heterocycles. The van der Waals surface area contributed by atoms with Crippen molar-refractivity contribution in [2.45, 2.75) is 19.3 Å². The molecule has 2 nitrogen and oxygen atoms in total. The number of methoxy groups -OCH3 is 1. The predicted molar refractivity (Wildman–Crippen MR) is 61.8 cm³/mol. The summed E-state index contributed by atoms with van der Waals surface area (Å²) >= 11 is 4.99. The number of ether oxygens (including phenoxy) is 1. The number of carbonyl (C=O) groups excluding carboxylic acids is 1. The molecule has 0 saturated heterocycles. The molecule has 0 atom stereocenters. The number of rotatable bonds is 6. The van der Waals surface area contributed by atoms with E-state index in [2.05, 4.69) is 15.9 Å². The molecule has 0 aliphatic heterocycles. The normalized spacial score (nSPS) is 10.4. The van der Waals surface area contributed by atoms with Crippen LogP contribution >= 0.6 is 27.3 Å². The van der Waals surface area contributed by atoms with E-state index in [1.54, 1.807) is 18.4 Å². The average molecular weight is 277 g/mol. The minimum Gasteiger partial charge on any atom is -0.385 e. The van der Waals surface area contributed by atoms with E-state index in [4.69, 9.17) is 4.74 Å². The van der Waals surface area contributed by atoms with Gasteiger partial charge in [0.05, 0.1) is 3.79 Å². The van der Waals surface area contributed by atoms with Gasteiger partial charge in [-0.1, -0.05) is 0 Å². The van der Waals surface area contributed by atoms with Crippen molar-refractivity contribution in [2.24, 2.45) is 0 Å². The highest BCUT2D eigenvalue weighted by Crippen LogP contribution is 2.22. The Balaban J connectivity index is 2.27. The molecule has 0 bridgehead atoms. The Kier molecular flexibility index (Phi) is 5.37. The zero-order valence-corrected chi connectivity index (χ0v) is 10.5. The van der Waals surface area contributed by atoms with Gasteiger partial charge in [0, 0.05) is 31.4 Å². The van der Waals surface area contributed by atoms with Crippen molar-refractivity contribution in [1.82, 2.24) is 0 Å². The van der Waals surface area contributed by atoms with Crippen LogP contribution in [0.3, 0.4) is 0 Å². The molecule has 0 radical (unpaired) electrons. The van der Waals surface area contributed by atoms with Crippen LogP contribution in [0.5, 0.6) is 0 Å². The zero-order valence-electron chi connectivity index (χ0n) is 8.09. The van der Waals surface area contributed by atoms with Crippen LogP contribution in [0.1, 0.15) is 17.7 Å². The molecule has 1 rings (SSSR count). The van der Waals surface area contributed by atoms with E-state index < -0.39 is 0 Å². The van der Waals surface area contributed by atoms with Gasteiger partial charge >= 0.3 is 0 Å². The van der Waals surface area contributed by atoms with Crippen molar-refractivity contribution >= 4 is 33.0 Å². The number of halogens is 1. The van der Waals surface area contributed by atoms with Crippen LogP contribution in [0, 0.1) is 0 Å². The highest BCUT2D eigenvalue weighted by molar-refractivity contribution is 9.11. The van der Waals surface area contributed by atoms with Crippen LogP contribution in [-0.4, -0.2) is 19.5 Å². The Morgan fingerprint density at radius 3 is 2.93 bits per heavy atom. The van der Waals surface area contributed by atoms with Gasteiger partial charge in [-0.05, 0) is 34.5 Å². The van der Waals surface area contributed by atoms with Crippen molar-refractivity contribution in [3.8, 4) is 0 Å². The second-order valence-corrected chi connectivity index (χ2v) is 5.57. The van der Waals surface area contributed by atoms with Gasteiger partial charge in [-0.25, -0.2) is 0 Å². The summed E-state index contributed by atoms with van der Waals surface area (Å²) < 4.78 is 5.97. The summed E-state index contributed by atoms with van der Waals surface area (Å²) in [7, 11) is 1.65. The summed E-state index contributed by atoms with van der Waals surface area (Å²) in [5.41, 5.74) is 0. The van der Waals surface area contributed by atoms with E-state index in [0.717, 1.165) is 15.1 Å². The molecule has 4 heteroatoms. The van der Waals surface area contributed by atoms with Crippen LogP contribution in [0.2, 0.25) is 0 Å². The molecule has 0 saturated carbocycles. The highest BCUT2D eigenvalue weighted by atomic mass is 79.9. The Bertz CT molecular complexity index is 296. The molecule has 1 aromatic rings. The van der Waals surface area contributed by atoms with Gasteiger partial charge < -0.3 is 4.74 Å². The lowest BCUT2D eigenvalue weighted by Crippen LogP contribution is -2.02. The van der Waals surface area contributed by atoms with Gasteiger partial charge in [0.15, 0.2) is 0 Å². The SMILES string of the molecule is COCCCC(=O)Cc1ccc(Br)s1. The van der Waals surface area contributed by atoms with Gasteiger partial charge in [-0.2, -0.15) is 0 Å². The molecule has 0 spiro atoms. The molecule has 14 heavy (non-hydrogen) atoms. The Hall–Kier alpha value is -0.190. The maximum atomic E-state index is 11.4. The van der Waals surface area contributed by atoms with Gasteiger partial charge in [-0.15, -0.1) is 11.3 Å². The minimum absolute atomic E-state index is 0.288. The topological polar surface area (TPSA) is 26.3 Å². The molecule has 0 unspecified atom stereocenters. The highest BCUT2D eigenvalue weighted by Gasteiger charge is 2.05. The summed E-state index contributed by atoms with van der Waals surface area (Å²) in [5, 5.41) is 0. The average Bonchev–Trinajstić information content (AvgIpc) is 2.52. The number of thiophene rings is 1. The zero-order chi connectivity index (χ0) is 10.4. The van der Waals surface area contributed by atoms with Crippen LogP contribution < -0.4 is 0 Å². The molecule has 0 N–H and O–H groups in total. The number of Topliss-reactive ketones (excluding diaryl/α,β-unsaturated/α-hetero) is 1. The van der Waals surface area contributed by atoms with Crippen molar-refractivity contribution < 1.29 is 9.53 Å². The van der Waals surface area contributed by atoms with Crippen LogP contribution in [0.25, 0.3) is 0 Å². The maximum absolute atomic E-state index is 11.4. The summed E-state index contributed by atoms with van der Waals surface area (Å²) in [5.74, 6) is 0.288. The fourth-order valence-corrected chi connectivity index (χ4v) is 2.65. The smallest absolute Gasteiger partial charge is 0.138 e. The maximum Gasteiger partial charge on any atom is 0.138 e. The molecule has 0 amide bonds. The summed E-state index contributed by atoms with van der Waals surface area (Å²) in [4.78, 5) is 12.6. The first-order chi connectivity index (χ1) is 6.72. The third-order valence-corrected chi connectivity index (χ3v) is 3.43. The van der Waals surface area contributed by atoms with E-state index in [-0.39, 0.29) is 5.78 Å². The van der Waals surface area contributed by atoms with Crippen LogP contribution in [-0.2, 0) is 16.0 Å². The lowest BCUT2D eigenvalue weighted by molar-refractivity contribution is -0.118. The Morgan fingerprint density at radius 1 is 1.57 bits per heavy atom. The van der Waals surface area contributed by atoms with Gasteiger partial charge in [0.1, 0.15) is 5.78 Å². The number of hydrogen-bond donors (Lipinski definition) is 0. The molecule has 0 aliphatic rings. The first-order valence-electron chi connectivity index (χ1n) is 4.47. The first kappa shape index (κ1) is 11.9. The van der Waals surface area contributed by atoms with Crippen LogP contribution in [0.15, 0.2) is 15.9 Å². The van der Waals surface area contributed by atoms with Crippen LogP contribution in [0.4, 0.5) is 0 Å². The molecular formula is C10H13BrO2S. The largest absolute Gasteiger partial charge is 0.385 e. The second kappa shape index (κ2) is 6.32. The van der Waals surface area contributed by atoms with Gasteiger partial charge in [0.2, 0.25) is 0 Å². The fraction of sp³-hybridized carbons (Fsp3) is 0.500. The standard InChI is InChI=1S/C10H13BrO2S/c1-13-6-2-3-8(12)7-9-4-5-10(11)14-9/h4-5H,2-3,6-7H2,1H3. The van der Waals surface area contributed by atoms with E-state index in [1.807, 2.05) is 12.1 Å². The second-order valence-electron chi connectivity index (χ2n) is 3.02. The molecule has 0 aliphatic carbocycles. The Morgan fingerprint density at radius 2 is 2.36 bits per heavy atom. The lowest BCUT2D eigenvalue weighted by atomic mass is 10.1. The molecule has 0 fully saturated rings. The third kappa shape index (κ3) is 4.35. The molecule has 78 valence electrons. The number of ketones is 1. The summed E-state index contributed by atoms with van der Waals surface area (Å²) in [6.45, 7) is 0.667. The van der Waals surface area contributed by atoms with Crippen molar-refractivity contribution in [3.63, 3.8) is 0 Å². The fourth-order valence-electron chi connectivity index (χ4n) is 1.14. The quantitative estimate of drug-likeness (QED) is 0.747. The number of hydrogen-bond acceptors (Lipinski definition) is 3. The van der Waals surface area contributed by atoms with Crippen molar-refractivity contribution in [1.29, 1.82) is 0 Å². The van der Waals surface area contributed by atoms with Crippen molar-refractivity contribution in [3.05, 3.63) is 20.8 Å². The lowest BCUT2D eigenvalue weighted by Gasteiger charge is -1.98. The minimum atomic E-state index is 0.288. The molecular weight excluding hydrogens is 264 g/mol. The van der Waals surface area contributed by atoms with Gasteiger partial charge in [0.25, 0.3) is 0 Å². The van der Waals surface area contributed by atoms with Crippen molar-refractivity contribution in [2.75, 3.05) is 13.7 Å². The summed E-state index contributed by atoms with van der Waals surface area (Å²) in [6, 6.07) is 3.96. The van der Waals surface area contributed by atoms with E-state index in [1.165, 1.54) is 0 Å². The Labute approximate surface area is 96.4 Å². The number of carbonyl (C=O) groups is 1. The van der Waals surface area contributed by atoms with E-state index in [9.17, 15) is 4.79 Å².